The normalized spacial score (nSPS) is 44.1. The fraction of sp³-hybridized carbons (Fsp3) is 0.833. The van der Waals surface area contributed by atoms with E-state index in [-0.39, 0.29) is 33.5 Å². The molecule has 0 bridgehead atoms. The zero-order valence-electron chi connectivity index (χ0n) is 22.6. The predicted octanol–water partition coefficient (Wildman–Crippen LogP) is 5.60. The lowest BCUT2D eigenvalue weighted by molar-refractivity contribution is -0.208. The molecule has 0 aromatic carbocycles. The molecule has 4 nitrogen and oxygen atoms in total. The number of aliphatic hydroxyl groups is 3. The third-order valence-corrected chi connectivity index (χ3v) is 11.7. The van der Waals surface area contributed by atoms with Gasteiger partial charge >= 0.3 is 0 Å². The maximum Gasteiger partial charge on any atom is 0.138 e. The van der Waals surface area contributed by atoms with Crippen LogP contribution >= 0.6 is 0 Å². The largest absolute Gasteiger partial charge is 0.392 e. The molecule has 4 rings (SSSR count). The van der Waals surface area contributed by atoms with Crippen LogP contribution in [0.2, 0.25) is 0 Å². The maximum absolute atomic E-state index is 12.9. The molecule has 0 aromatic heterocycles. The zero-order valence-corrected chi connectivity index (χ0v) is 22.6. The van der Waals surface area contributed by atoms with Gasteiger partial charge in [0.1, 0.15) is 11.9 Å². The molecule has 0 aromatic rings. The van der Waals surface area contributed by atoms with Crippen molar-refractivity contribution in [2.45, 2.75) is 118 Å². The van der Waals surface area contributed by atoms with Crippen molar-refractivity contribution in [2.24, 2.45) is 39.4 Å². The Hall–Kier alpha value is -0.970. The Morgan fingerprint density at radius 3 is 2.35 bits per heavy atom. The number of ketones is 1. The number of Topliss-reactive ketones (excluding diaryl/α,β-unsaturated/α-hetero) is 1. The highest BCUT2D eigenvalue weighted by molar-refractivity contribution is 5.85. The molecular weight excluding hydrogens is 424 g/mol. The van der Waals surface area contributed by atoms with Crippen molar-refractivity contribution in [1.29, 1.82) is 0 Å². The minimum Gasteiger partial charge on any atom is -0.392 e. The van der Waals surface area contributed by atoms with E-state index in [9.17, 15) is 20.1 Å². The molecular formula is C30H48O4. The van der Waals surface area contributed by atoms with Crippen molar-refractivity contribution in [2.75, 3.05) is 0 Å². The van der Waals surface area contributed by atoms with Gasteiger partial charge in [-0.25, -0.2) is 0 Å². The van der Waals surface area contributed by atoms with Crippen LogP contribution in [0.4, 0.5) is 0 Å². The number of allylic oxidation sites excluding steroid dienone is 1. The van der Waals surface area contributed by atoms with Gasteiger partial charge in [0.05, 0.1) is 12.2 Å². The fourth-order valence-electron chi connectivity index (χ4n) is 9.63. The van der Waals surface area contributed by atoms with E-state index < -0.39 is 18.3 Å². The molecule has 1 unspecified atom stereocenters. The van der Waals surface area contributed by atoms with Gasteiger partial charge in [-0.1, -0.05) is 59.3 Å². The monoisotopic (exact) mass is 472 g/mol. The predicted molar refractivity (Wildman–Crippen MR) is 136 cm³/mol. The lowest BCUT2D eigenvalue weighted by Crippen LogP contribution is -2.65. The van der Waals surface area contributed by atoms with Crippen molar-refractivity contribution in [1.82, 2.24) is 0 Å². The number of fused-ring (bicyclic) bond motifs is 5. The minimum absolute atomic E-state index is 0.0149. The summed E-state index contributed by atoms with van der Waals surface area (Å²) in [5, 5.41) is 32.7. The molecule has 3 fully saturated rings. The van der Waals surface area contributed by atoms with Crippen LogP contribution in [0.25, 0.3) is 0 Å². The quantitative estimate of drug-likeness (QED) is 0.455. The highest BCUT2D eigenvalue weighted by Gasteiger charge is 2.69. The van der Waals surface area contributed by atoms with Gasteiger partial charge in [-0.3, -0.25) is 4.79 Å². The second-order valence-electron chi connectivity index (χ2n) is 13.7. The Morgan fingerprint density at radius 2 is 1.74 bits per heavy atom. The van der Waals surface area contributed by atoms with Crippen molar-refractivity contribution in [3.05, 3.63) is 23.3 Å². The number of carbonyl (C=O) groups is 1. The van der Waals surface area contributed by atoms with Crippen molar-refractivity contribution in [3.8, 4) is 0 Å². The van der Waals surface area contributed by atoms with Gasteiger partial charge in [-0.15, -0.1) is 0 Å². The average molecular weight is 473 g/mol. The molecule has 0 spiro atoms. The summed E-state index contributed by atoms with van der Waals surface area (Å²) in [7, 11) is 0. The summed E-state index contributed by atoms with van der Waals surface area (Å²) in [5.41, 5.74) is 3.06. The number of carbonyl (C=O) groups excluding carboxylic acids is 1. The van der Waals surface area contributed by atoms with Crippen molar-refractivity contribution in [3.63, 3.8) is 0 Å². The van der Waals surface area contributed by atoms with E-state index in [4.69, 9.17) is 0 Å². The van der Waals surface area contributed by atoms with Crippen LogP contribution < -0.4 is 0 Å². The molecule has 4 aliphatic rings. The van der Waals surface area contributed by atoms with Crippen LogP contribution in [0, 0.1) is 39.4 Å². The number of aliphatic hydroxyl groups excluding tert-OH is 3. The summed E-state index contributed by atoms with van der Waals surface area (Å²) >= 11 is 0. The lowest BCUT2D eigenvalue weighted by atomic mass is 9.36. The number of rotatable bonds is 5. The fourth-order valence-corrected chi connectivity index (χ4v) is 9.63. The molecule has 4 aliphatic carbocycles. The summed E-state index contributed by atoms with van der Waals surface area (Å²) in [6.45, 7) is 19.2. The summed E-state index contributed by atoms with van der Waals surface area (Å²) in [6.07, 6.45) is 4.79. The SMILES string of the molecule is C=C(C)[C@H](O)[C@@H](O)CC(C)C1=C2C[C@H](O)[C@H]3[C@@]4(C)CCC(=O)C(C)(C)[C@@H]4CC[C@]3(C)[C@@]2(C)CC1. The van der Waals surface area contributed by atoms with Crippen LogP contribution in [-0.2, 0) is 4.79 Å². The molecule has 34 heavy (non-hydrogen) atoms. The molecule has 0 aliphatic heterocycles. The van der Waals surface area contributed by atoms with Gasteiger partial charge in [0.15, 0.2) is 0 Å². The van der Waals surface area contributed by atoms with Crippen LogP contribution in [0.5, 0.6) is 0 Å². The Balaban J connectivity index is 1.69. The Bertz CT molecular complexity index is 901. The second kappa shape index (κ2) is 8.28. The zero-order chi connectivity index (χ0) is 25.4. The lowest BCUT2D eigenvalue weighted by Gasteiger charge is -2.69. The average Bonchev–Trinajstić information content (AvgIpc) is 3.08. The highest BCUT2D eigenvalue weighted by atomic mass is 16.3. The third-order valence-electron chi connectivity index (χ3n) is 11.7. The number of hydrogen-bond acceptors (Lipinski definition) is 4. The summed E-state index contributed by atoms with van der Waals surface area (Å²) in [5.74, 6) is 1.06. The topological polar surface area (TPSA) is 77.8 Å². The van der Waals surface area contributed by atoms with Gasteiger partial charge in [-0.2, -0.15) is 0 Å². The van der Waals surface area contributed by atoms with E-state index in [1.807, 2.05) is 0 Å². The summed E-state index contributed by atoms with van der Waals surface area (Å²) in [6, 6.07) is 0. The standard InChI is InChI=1S/C30H48O4/c1-17(2)25(34)21(31)15-18(3)19-9-13-29(7)20(19)16-22(32)26-28(6)12-11-24(33)27(4,5)23(28)10-14-30(26,29)8/h18,21-23,25-26,31-32,34H,1,9-16H2,2-8H3/t18?,21-,22-,23-,25-,26-,28-,29-,30-/m0/s1. The molecule has 0 amide bonds. The molecule has 0 radical (unpaired) electrons. The Kier molecular flexibility index (Phi) is 6.36. The van der Waals surface area contributed by atoms with Gasteiger partial charge in [-0.05, 0) is 91.4 Å². The first-order valence-corrected chi connectivity index (χ1v) is 13.6. The van der Waals surface area contributed by atoms with Crippen LogP contribution in [0.1, 0.15) is 99.8 Å². The molecule has 0 saturated heterocycles. The number of hydrogen-bond donors (Lipinski definition) is 3. The van der Waals surface area contributed by atoms with E-state index in [0.717, 1.165) is 32.1 Å². The van der Waals surface area contributed by atoms with Crippen LogP contribution in [-0.4, -0.2) is 39.4 Å². The molecule has 4 heteroatoms. The molecule has 3 saturated carbocycles. The third kappa shape index (κ3) is 3.45. The first kappa shape index (κ1) is 26.1. The first-order valence-electron chi connectivity index (χ1n) is 13.6. The molecule has 9 atom stereocenters. The van der Waals surface area contributed by atoms with Crippen LogP contribution in [0.3, 0.4) is 0 Å². The van der Waals surface area contributed by atoms with Gasteiger partial charge in [0.2, 0.25) is 0 Å². The Morgan fingerprint density at radius 1 is 1.09 bits per heavy atom. The van der Waals surface area contributed by atoms with Crippen molar-refractivity contribution >= 4 is 5.78 Å². The van der Waals surface area contributed by atoms with Crippen LogP contribution in [0.15, 0.2) is 23.3 Å². The van der Waals surface area contributed by atoms with Gasteiger partial charge in [0, 0.05) is 11.8 Å². The summed E-state index contributed by atoms with van der Waals surface area (Å²) < 4.78 is 0. The Labute approximate surface area is 206 Å². The van der Waals surface area contributed by atoms with E-state index in [1.165, 1.54) is 11.1 Å². The smallest absolute Gasteiger partial charge is 0.138 e. The van der Waals surface area contributed by atoms with E-state index in [1.54, 1.807) is 6.92 Å². The van der Waals surface area contributed by atoms with Gasteiger partial charge < -0.3 is 15.3 Å². The molecule has 0 heterocycles. The maximum atomic E-state index is 12.9. The first-order chi connectivity index (χ1) is 15.6. The van der Waals surface area contributed by atoms with Gasteiger partial charge in [0.25, 0.3) is 0 Å². The molecule has 3 N–H and O–H groups in total. The molecule has 192 valence electrons. The van der Waals surface area contributed by atoms with E-state index in [2.05, 4.69) is 48.1 Å². The second-order valence-corrected chi connectivity index (χ2v) is 13.7. The summed E-state index contributed by atoms with van der Waals surface area (Å²) in [4.78, 5) is 12.9. The minimum atomic E-state index is -0.896. The highest BCUT2D eigenvalue weighted by Crippen LogP contribution is 2.74. The van der Waals surface area contributed by atoms with E-state index >= 15 is 0 Å². The van der Waals surface area contributed by atoms with Crippen molar-refractivity contribution < 1.29 is 20.1 Å². The van der Waals surface area contributed by atoms with E-state index in [0.29, 0.717) is 36.5 Å².